The van der Waals surface area contributed by atoms with E-state index in [0.29, 0.717) is 31.0 Å². The molecular formula is C23H31N5O3S. The van der Waals surface area contributed by atoms with Crippen LogP contribution in [0.15, 0.2) is 17.5 Å². The van der Waals surface area contributed by atoms with Gasteiger partial charge in [-0.1, -0.05) is 13.0 Å². The lowest BCUT2D eigenvalue weighted by molar-refractivity contribution is -0.123. The molecule has 2 aromatic heterocycles. The number of ether oxygens (including phenoxy) is 1. The third kappa shape index (κ3) is 5.97. The molecule has 2 aromatic rings. The molecule has 32 heavy (non-hydrogen) atoms. The molecule has 0 bridgehead atoms. The van der Waals surface area contributed by atoms with Crippen LogP contribution in [0.3, 0.4) is 0 Å². The maximum absolute atomic E-state index is 12.8. The molecule has 0 aromatic carbocycles. The fraction of sp³-hybridized carbons (Fsp3) is 0.522. The number of carbonyl (C=O) groups is 2. The van der Waals surface area contributed by atoms with Gasteiger partial charge in [0, 0.05) is 17.2 Å². The van der Waals surface area contributed by atoms with Gasteiger partial charge in [0.05, 0.1) is 37.8 Å². The lowest BCUT2D eigenvalue weighted by Crippen LogP contribution is -2.41. The highest BCUT2D eigenvalue weighted by atomic mass is 32.1. The van der Waals surface area contributed by atoms with Crippen LogP contribution in [0.2, 0.25) is 0 Å². The first kappa shape index (κ1) is 24.0. The van der Waals surface area contributed by atoms with E-state index in [2.05, 4.69) is 16.7 Å². The number of nitrogens with one attached hydrogen (secondary N) is 2. The van der Waals surface area contributed by atoms with Crippen LogP contribution in [-0.4, -0.2) is 53.6 Å². The van der Waals surface area contributed by atoms with Crippen LogP contribution in [-0.2, 0) is 27.4 Å². The van der Waals surface area contributed by atoms with Gasteiger partial charge in [-0.3, -0.25) is 14.5 Å². The van der Waals surface area contributed by atoms with E-state index in [1.165, 1.54) is 0 Å². The normalized spacial score (nSPS) is 15.7. The summed E-state index contributed by atoms with van der Waals surface area (Å²) in [6.45, 7) is 8.36. The number of carbonyl (C=O) groups excluding carboxylic acids is 2. The van der Waals surface area contributed by atoms with Crippen LogP contribution in [0.4, 0.5) is 5.82 Å². The van der Waals surface area contributed by atoms with Crippen molar-refractivity contribution in [1.82, 2.24) is 14.8 Å². The van der Waals surface area contributed by atoms with E-state index in [-0.39, 0.29) is 31.0 Å². The Morgan fingerprint density at radius 1 is 1.34 bits per heavy atom. The summed E-state index contributed by atoms with van der Waals surface area (Å²) in [5, 5.41) is 17.5. The van der Waals surface area contributed by atoms with Gasteiger partial charge in [0.1, 0.15) is 11.9 Å². The summed E-state index contributed by atoms with van der Waals surface area (Å²) in [6.07, 6.45) is 2.08. The predicted molar refractivity (Wildman–Crippen MR) is 125 cm³/mol. The summed E-state index contributed by atoms with van der Waals surface area (Å²) < 4.78 is 7.74. The molecule has 1 saturated heterocycles. The summed E-state index contributed by atoms with van der Waals surface area (Å²) in [5.74, 6) is 0.140. The number of nitrogens with zero attached hydrogens (tertiary/aromatic N) is 3. The lowest BCUT2D eigenvalue weighted by atomic mass is 10.2. The van der Waals surface area contributed by atoms with E-state index in [9.17, 15) is 14.9 Å². The molecule has 172 valence electrons. The van der Waals surface area contributed by atoms with Crippen molar-refractivity contribution in [3.8, 4) is 6.07 Å². The van der Waals surface area contributed by atoms with Crippen LogP contribution in [0.5, 0.6) is 0 Å². The fourth-order valence-electron chi connectivity index (χ4n) is 3.86. The zero-order valence-corrected chi connectivity index (χ0v) is 19.8. The summed E-state index contributed by atoms with van der Waals surface area (Å²) >= 11 is 1.59. The molecule has 8 nitrogen and oxygen atoms in total. The molecule has 0 saturated carbocycles. The second-order valence-corrected chi connectivity index (χ2v) is 9.03. The third-order valence-corrected chi connectivity index (χ3v) is 6.71. The number of hydrogen-bond acceptors (Lipinski definition) is 6. The van der Waals surface area contributed by atoms with E-state index in [1.54, 1.807) is 16.2 Å². The molecule has 0 aliphatic carbocycles. The predicted octanol–water partition coefficient (Wildman–Crippen LogP) is 2.79. The topological polar surface area (TPSA) is 99.4 Å². The number of rotatable bonds is 10. The Bertz CT molecular complexity index is 971. The van der Waals surface area contributed by atoms with Crippen LogP contribution in [0.25, 0.3) is 0 Å². The van der Waals surface area contributed by atoms with Gasteiger partial charge in [0.25, 0.3) is 0 Å². The summed E-state index contributed by atoms with van der Waals surface area (Å²) in [7, 11) is 0. The molecule has 3 heterocycles. The van der Waals surface area contributed by atoms with Crippen LogP contribution in [0.1, 0.15) is 41.5 Å². The minimum atomic E-state index is -0.250. The van der Waals surface area contributed by atoms with Crippen molar-refractivity contribution in [2.24, 2.45) is 0 Å². The highest BCUT2D eigenvalue weighted by molar-refractivity contribution is 7.09. The van der Waals surface area contributed by atoms with Crippen molar-refractivity contribution in [3.63, 3.8) is 0 Å². The Balaban J connectivity index is 1.62. The van der Waals surface area contributed by atoms with E-state index in [1.807, 2.05) is 42.9 Å². The second kappa shape index (κ2) is 11.3. The number of likely N-dealkylation sites (N-methyl/N-ethyl adjacent to an activating group) is 1. The number of amides is 2. The molecule has 1 fully saturated rings. The Hall–Kier alpha value is -2.67. The molecule has 9 heteroatoms. The van der Waals surface area contributed by atoms with Crippen molar-refractivity contribution in [2.75, 3.05) is 31.6 Å². The second-order valence-electron chi connectivity index (χ2n) is 8.00. The standard InChI is InChI=1S/C23H31N5O3S/c1-4-27(14-21(29)25-12-19-8-6-10-32-19)15-22(30)26-23-20(11-24)16(2)17(3)28(23)13-18-7-5-9-31-18/h6,8,10,18H,4-5,7,9,12-15H2,1-3H3,(H,25,29)(H,26,30). The molecule has 3 rings (SSSR count). The average molecular weight is 458 g/mol. The Labute approximate surface area is 193 Å². The number of nitriles is 1. The van der Waals surface area contributed by atoms with Crippen LogP contribution in [0, 0.1) is 25.2 Å². The van der Waals surface area contributed by atoms with E-state index in [0.717, 1.165) is 35.6 Å². The maximum atomic E-state index is 12.8. The first-order valence-corrected chi connectivity index (χ1v) is 11.8. The molecule has 1 atom stereocenters. The molecular weight excluding hydrogens is 426 g/mol. The molecule has 1 aliphatic rings. The lowest BCUT2D eigenvalue weighted by Gasteiger charge is -2.21. The average Bonchev–Trinajstić information content (AvgIpc) is 3.52. The fourth-order valence-corrected chi connectivity index (χ4v) is 4.51. The molecule has 0 radical (unpaired) electrons. The van der Waals surface area contributed by atoms with Crippen LogP contribution < -0.4 is 10.6 Å². The maximum Gasteiger partial charge on any atom is 0.239 e. The van der Waals surface area contributed by atoms with Gasteiger partial charge in [0.15, 0.2) is 0 Å². The molecule has 2 amide bonds. The zero-order chi connectivity index (χ0) is 23.1. The van der Waals surface area contributed by atoms with Crippen molar-refractivity contribution in [2.45, 2.75) is 52.8 Å². The van der Waals surface area contributed by atoms with Crippen molar-refractivity contribution < 1.29 is 14.3 Å². The molecule has 2 N–H and O–H groups in total. The van der Waals surface area contributed by atoms with Gasteiger partial charge in [0.2, 0.25) is 11.8 Å². The molecule has 1 unspecified atom stereocenters. The molecule has 1 aliphatic heterocycles. The van der Waals surface area contributed by atoms with E-state index < -0.39 is 0 Å². The summed E-state index contributed by atoms with van der Waals surface area (Å²) in [6, 6.07) is 6.15. The van der Waals surface area contributed by atoms with Gasteiger partial charge in [-0.05, 0) is 50.2 Å². The highest BCUT2D eigenvalue weighted by Gasteiger charge is 2.24. The number of aromatic nitrogens is 1. The highest BCUT2D eigenvalue weighted by Crippen LogP contribution is 2.28. The van der Waals surface area contributed by atoms with Gasteiger partial charge in [-0.25, -0.2) is 0 Å². The first-order valence-electron chi connectivity index (χ1n) is 11.0. The van der Waals surface area contributed by atoms with Gasteiger partial charge in [-0.15, -0.1) is 11.3 Å². The Morgan fingerprint density at radius 2 is 2.12 bits per heavy atom. The van der Waals surface area contributed by atoms with Crippen LogP contribution >= 0.6 is 11.3 Å². The number of anilines is 1. The monoisotopic (exact) mass is 457 g/mol. The van der Waals surface area contributed by atoms with E-state index in [4.69, 9.17) is 4.74 Å². The van der Waals surface area contributed by atoms with E-state index >= 15 is 0 Å². The van der Waals surface area contributed by atoms with Crippen molar-refractivity contribution in [1.29, 1.82) is 5.26 Å². The summed E-state index contributed by atoms with van der Waals surface area (Å²) in [4.78, 5) is 28.0. The first-order chi connectivity index (χ1) is 15.4. The van der Waals surface area contributed by atoms with Crippen molar-refractivity contribution in [3.05, 3.63) is 39.2 Å². The minimum Gasteiger partial charge on any atom is -0.376 e. The molecule has 0 spiro atoms. The minimum absolute atomic E-state index is 0.0665. The SMILES string of the molecule is CCN(CC(=O)NCc1cccs1)CC(=O)Nc1c(C#N)c(C)c(C)n1CC1CCCO1. The smallest absolute Gasteiger partial charge is 0.239 e. The zero-order valence-electron chi connectivity index (χ0n) is 18.9. The Kier molecular flexibility index (Phi) is 8.45. The van der Waals surface area contributed by atoms with Crippen molar-refractivity contribution >= 4 is 29.0 Å². The largest absolute Gasteiger partial charge is 0.376 e. The number of hydrogen-bond donors (Lipinski definition) is 2. The third-order valence-electron chi connectivity index (χ3n) is 5.83. The quantitative estimate of drug-likeness (QED) is 0.572. The van der Waals surface area contributed by atoms with Gasteiger partial charge < -0.3 is 19.9 Å². The van der Waals surface area contributed by atoms with Gasteiger partial charge >= 0.3 is 0 Å². The Morgan fingerprint density at radius 3 is 2.75 bits per heavy atom. The van der Waals surface area contributed by atoms with Gasteiger partial charge in [-0.2, -0.15) is 5.26 Å². The number of thiophene rings is 1. The summed E-state index contributed by atoms with van der Waals surface area (Å²) in [5.41, 5.74) is 2.29.